The van der Waals surface area contributed by atoms with Crippen molar-refractivity contribution in [3.63, 3.8) is 0 Å². The van der Waals surface area contributed by atoms with Crippen LogP contribution in [0.15, 0.2) is 53.5 Å². The summed E-state index contributed by atoms with van der Waals surface area (Å²) in [7, 11) is -0.0305. The highest BCUT2D eigenvalue weighted by molar-refractivity contribution is 6.76. The molecule has 0 spiro atoms. The topological polar surface area (TPSA) is 110 Å². The Balaban J connectivity index is 1.47. The predicted octanol–water partition coefficient (Wildman–Crippen LogP) is 5.59. The molecule has 4 aromatic rings. The van der Waals surface area contributed by atoms with Crippen LogP contribution in [0.3, 0.4) is 0 Å². The van der Waals surface area contributed by atoms with Crippen molar-refractivity contribution in [3.05, 3.63) is 64.0 Å². The summed E-state index contributed by atoms with van der Waals surface area (Å²) in [6.07, 6.45) is 1.49. The standard InChI is InChI=1S/C31H38ClN5O6Si/c1-21(30(39)40-2)36-11-10-24(18-27(36)38)43-31-33-26-19-25(32)28(34-29(26)37(31)20-42-16-17-44(3,4)5)22-6-8-23(9-7-22)35-12-14-41-15-13-35/h6-11,18-19,21H,12-17,20H2,1-5H3. The van der Waals surface area contributed by atoms with Gasteiger partial charge in [-0.3, -0.25) is 9.36 Å². The maximum atomic E-state index is 12.8. The smallest absolute Gasteiger partial charge is 0.328 e. The fourth-order valence-electron chi connectivity index (χ4n) is 4.83. The van der Waals surface area contributed by atoms with Crippen LogP contribution < -0.4 is 15.2 Å². The van der Waals surface area contributed by atoms with Gasteiger partial charge in [0.25, 0.3) is 5.56 Å². The van der Waals surface area contributed by atoms with Gasteiger partial charge in [0, 0.05) is 51.3 Å². The monoisotopic (exact) mass is 639 g/mol. The van der Waals surface area contributed by atoms with E-state index in [0.29, 0.717) is 41.7 Å². The largest absolute Gasteiger partial charge is 0.467 e. The van der Waals surface area contributed by atoms with Crippen LogP contribution in [0, 0.1) is 0 Å². The van der Waals surface area contributed by atoms with Crippen LogP contribution in [0.1, 0.15) is 13.0 Å². The number of benzene rings is 1. The van der Waals surface area contributed by atoms with Crippen molar-refractivity contribution >= 4 is 42.5 Å². The van der Waals surface area contributed by atoms with E-state index in [0.717, 1.165) is 30.4 Å². The fraction of sp³-hybridized carbons (Fsp3) is 0.419. The predicted molar refractivity (Wildman–Crippen MR) is 173 cm³/mol. The minimum Gasteiger partial charge on any atom is -0.467 e. The van der Waals surface area contributed by atoms with Gasteiger partial charge in [-0.25, -0.2) is 9.78 Å². The Morgan fingerprint density at radius 3 is 2.48 bits per heavy atom. The zero-order valence-electron chi connectivity index (χ0n) is 25.7. The lowest BCUT2D eigenvalue weighted by Crippen LogP contribution is -2.36. The number of esters is 1. The molecule has 1 aromatic carbocycles. The number of imidazole rings is 1. The van der Waals surface area contributed by atoms with Crippen LogP contribution in [0.5, 0.6) is 11.8 Å². The number of fused-ring (bicyclic) bond motifs is 1. The first-order valence-electron chi connectivity index (χ1n) is 14.6. The molecule has 0 amide bonds. The third kappa shape index (κ3) is 7.32. The summed E-state index contributed by atoms with van der Waals surface area (Å²) in [6, 6.07) is 13.2. The highest BCUT2D eigenvalue weighted by Gasteiger charge is 2.21. The van der Waals surface area contributed by atoms with Crippen LogP contribution in [-0.2, 0) is 25.7 Å². The lowest BCUT2D eigenvalue weighted by Gasteiger charge is -2.28. The van der Waals surface area contributed by atoms with Crippen molar-refractivity contribution in [1.82, 2.24) is 19.1 Å². The van der Waals surface area contributed by atoms with Gasteiger partial charge in [0.05, 0.1) is 31.0 Å². The van der Waals surface area contributed by atoms with Crippen LogP contribution in [0.4, 0.5) is 5.69 Å². The van der Waals surface area contributed by atoms with Gasteiger partial charge in [0.1, 0.15) is 24.0 Å². The van der Waals surface area contributed by atoms with Gasteiger partial charge in [-0.15, -0.1) is 0 Å². The van der Waals surface area contributed by atoms with Crippen LogP contribution >= 0.6 is 11.6 Å². The molecule has 1 atom stereocenters. The van der Waals surface area contributed by atoms with E-state index in [-0.39, 0.29) is 18.5 Å². The minimum absolute atomic E-state index is 0.150. The zero-order chi connectivity index (χ0) is 31.4. The number of anilines is 1. The van der Waals surface area contributed by atoms with Gasteiger partial charge in [0.2, 0.25) is 0 Å². The number of methoxy groups -OCH3 is 1. The van der Waals surface area contributed by atoms with Crippen molar-refractivity contribution in [2.24, 2.45) is 0 Å². The molecule has 1 aliphatic rings. The molecule has 3 aromatic heterocycles. The summed E-state index contributed by atoms with van der Waals surface area (Å²) in [5.74, 6) is -0.264. The molecule has 44 heavy (non-hydrogen) atoms. The fourth-order valence-corrected chi connectivity index (χ4v) is 5.84. The molecular formula is C31H38ClN5O6Si. The highest BCUT2D eigenvalue weighted by atomic mass is 35.5. The quantitative estimate of drug-likeness (QED) is 0.118. The average Bonchev–Trinajstić information content (AvgIpc) is 3.33. The Morgan fingerprint density at radius 1 is 1.09 bits per heavy atom. The normalized spacial score (nSPS) is 14.5. The molecule has 0 radical (unpaired) electrons. The number of carbonyl (C=O) groups is 1. The van der Waals surface area contributed by atoms with Gasteiger partial charge >= 0.3 is 12.0 Å². The number of aromatic nitrogens is 4. The van der Waals surface area contributed by atoms with E-state index in [1.54, 1.807) is 23.6 Å². The lowest BCUT2D eigenvalue weighted by molar-refractivity contribution is -0.144. The molecule has 0 N–H and O–H groups in total. The molecule has 0 bridgehead atoms. The molecular weight excluding hydrogens is 602 g/mol. The Bertz CT molecular complexity index is 1680. The van der Waals surface area contributed by atoms with E-state index in [4.69, 9.17) is 35.5 Å². The number of halogens is 1. The first-order valence-corrected chi connectivity index (χ1v) is 18.7. The molecule has 4 heterocycles. The van der Waals surface area contributed by atoms with Crippen molar-refractivity contribution in [3.8, 4) is 23.0 Å². The summed E-state index contributed by atoms with van der Waals surface area (Å²) in [5, 5.41) is 0.451. The number of carbonyl (C=O) groups excluding carboxylic acids is 1. The highest BCUT2D eigenvalue weighted by Crippen LogP contribution is 2.33. The summed E-state index contributed by atoms with van der Waals surface area (Å²) in [5.41, 5.74) is 3.25. The first-order chi connectivity index (χ1) is 21.0. The van der Waals surface area contributed by atoms with Gasteiger partial charge in [0.15, 0.2) is 5.65 Å². The Morgan fingerprint density at radius 2 is 1.82 bits per heavy atom. The number of ether oxygens (including phenoxy) is 4. The maximum absolute atomic E-state index is 12.8. The summed E-state index contributed by atoms with van der Waals surface area (Å²) < 4.78 is 25.5. The zero-order valence-corrected chi connectivity index (χ0v) is 27.5. The van der Waals surface area contributed by atoms with E-state index >= 15 is 0 Å². The van der Waals surface area contributed by atoms with Crippen molar-refractivity contribution < 1.29 is 23.7 Å². The average molecular weight is 640 g/mol. The third-order valence-electron chi connectivity index (χ3n) is 7.46. The Hall–Kier alpha value is -3.71. The molecule has 5 rings (SSSR count). The van der Waals surface area contributed by atoms with E-state index in [1.807, 2.05) is 12.1 Å². The van der Waals surface area contributed by atoms with Crippen molar-refractivity contribution in [1.29, 1.82) is 0 Å². The summed E-state index contributed by atoms with van der Waals surface area (Å²) in [6.45, 7) is 12.3. The van der Waals surface area contributed by atoms with E-state index in [9.17, 15) is 9.59 Å². The van der Waals surface area contributed by atoms with Crippen molar-refractivity contribution in [2.75, 3.05) is 44.9 Å². The van der Waals surface area contributed by atoms with Crippen LogP contribution in [-0.4, -0.2) is 73.2 Å². The molecule has 13 heteroatoms. The van der Waals surface area contributed by atoms with Gasteiger partial charge in [-0.2, -0.15) is 4.98 Å². The summed E-state index contributed by atoms with van der Waals surface area (Å²) >= 11 is 6.74. The van der Waals surface area contributed by atoms with Gasteiger partial charge in [-0.05, 0) is 37.2 Å². The molecule has 1 fully saturated rings. The number of pyridine rings is 2. The molecule has 11 nitrogen and oxygen atoms in total. The number of hydrogen-bond acceptors (Lipinski definition) is 9. The van der Waals surface area contributed by atoms with Gasteiger partial charge < -0.3 is 28.4 Å². The number of rotatable bonds is 11. The molecule has 1 saturated heterocycles. The first kappa shape index (κ1) is 31.7. The second kappa shape index (κ2) is 13.5. The molecule has 234 valence electrons. The number of morpholine rings is 1. The Labute approximate surface area is 262 Å². The van der Waals surface area contributed by atoms with E-state index in [1.165, 1.54) is 23.9 Å². The molecule has 0 saturated carbocycles. The maximum Gasteiger partial charge on any atom is 0.328 e. The molecule has 0 aliphatic carbocycles. The minimum atomic E-state index is -1.31. The van der Waals surface area contributed by atoms with Gasteiger partial charge in [-0.1, -0.05) is 43.4 Å². The molecule has 1 aliphatic heterocycles. The van der Waals surface area contributed by atoms with Crippen LogP contribution in [0.2, 0.25) is 30.7 Å². The van der Waals surface area contributed by atoms with E-state index in [2.05, 4.69) is 41.7 Å². The SMILES string of the molecule is COC(=O)C(C)n1ccc(Oc2nc3cc(Cl)c(-c4ccc(N5CCOCC5)cc4)nc3n2COCC[Si](C)(C)C)cc1=O. The molecule has 1 unspecified atom stereocenters. The Kier molecular flexibility index (Phi) is 9.74. The van der Waals surface area contributed by atoms with E-state index < -0.39 is 25.6 Å². The van der Waals surface area contributed by atoms with Crippen LogP contribution in [0.25, 0.3) is 22.4 Å². The second-order valence-electron chi connectivity index (χ2n) is 11.9. The second-order valence-corrected chi connectivity index (χ2v) is 17.9. The number of nitrogens with zero attached hydrogens (tertiary/aromatic N) is 5. The number of hydrogen-bond donors (Lipinski definition) is 0. The lowest BCUT2D eigenvalue weighted by atomic mass is 10.1. The van der Waals surface area contributed by atoms with Crippen molar-refractivity contribution in [2.45, 2.75) is 45.4 Å². The summed E-state index contributed by atoms with van der Waals surface area (Å²) in [4.78, 5) is 36.6. The third-order valence-corrected chi connectivity index (χ3v) is 9.45.